The van der Waals surface area contributed by atoms with Gasteiger partial charge in [0, 0.05) is 29.9 Å². The SMILES string of the molecule is CC(C)Cc1nn(-c2nccs2)cc1C(=O)NCc1ccccc1F. The van der Waals surface area contributed by atoms with Crippen LogP contribution in [0.25, 0.3) is 5.13 Å². The number of carbonyl (C=O) groups excluding carboxylic acids is 1. The van der Waals surface area contributed by atoms with Crippen LogP contribution in [0, 0.1) is 11.7 Å². The van der Waals surface area contributed by atoms with Crippen molar-refractivity contribution in [3.63, 3.8) is 0 Å². The molecule has 0 aliphatic carbocycles. The van der Waals surface area contributed by atoms with Crippen molar-refractivity contribution in [2.24, 2.45) is 5.92 Å². The third-order valence-corrected chi connectivity index (χ3v) is 4.41. The Kier molecular flexibility index (Phi) is 5.23. The maximum absolute atomic E-state index is 13.7. The van der Waals surface area contributed by atoms with Gasteiger partial charge < -0.3 is 5.32 Å². The molecule has 0 atom stereocenters. The van der Waals surface area contributed by atoms with Gasteiger partial charge in [-0.2, -0.15) is 5.10 Å². The zero-order valence-electron chi connectivity index (χ0n) is 14.1. The third kappa shape index (κ3) is 4.11. The number of nitrogens with zero attached hydrogens (tertiary/aromatic N) is 3. The molecule has 0 saturated heterocycles. The molecule has 1 N–H and O–H groups in total. The maximum Gasteiger partial charge on any atom is 0.255 e. The molecular formula is C18H19FN4OS. The summed E-state index contributed by atoms with van der Waals surface area (Å²) in [5.74, 6) is -0.233. The molecule has 1 aromatic carbocycles. The van der Waals surface area contributed by atoms with E-state index >= 15 is 0 Å². The summed E-state index contributed by atoms with van der Waals surface area (Å²) in [4.78, 5) is 16.8. The van der Waals surface area contributed by atoms with Crippen LogP contribution in [0.2, 0.25) is 0 Å². The summed E-state index contributed by atoms with van der Waals surface area (Å²) in [6.45, 7) is 4.28. The summed E-state index contributed by atoms with van der Waals surface area (Å²) in [5.41, 5.74) is 1.67. The Bertz CT molecular complexity index is 858. The predicted molar refractivity (Wildman–Crippen MR) is 95.3 cm³/mol. The van der Waals surface area contributed by atoms with E-state index in [9.17, 15) is 9.18 Å². The highest BCUT2D eigenvalue weighted by atomic mass is 32.1. The van der Waals surface area contributed by atoms with Crippen molar-refractivity contribution < 1.29 is 9.18 Å². The van der Waals surface area contributed by atoms with E-state index in [1.54, 1.807) is 35.3 Å². The lowest BCUT2D eigenvalue weighted by atomic mass is 10.0. The number of hydrogen-bond donors (Lipinski definition) is 1. The van der Waals surface area contributed by atoms with Crippen LogP contribution in [-0.4, -0.2) is 20.7 Å². The maximum atomic E-state index is 13.7. The molecule has 3 rings (SSSR count). The van der Waals surface area contributed by atoms with Crippen molar-refractivity contribution in [2.75, 3.05) is 0 Å². The van der Waals surface area contributed by atoms with Gasteiger partial charge in [-0.1, -0.05) is 32.0 Å². The van der Waals surface area contributed by atoms with E-state index < -0.39 is 0 Å². The first-order valence-electron chi connectivity index (χ1n) is 8.04. The average Bonchev–Trinajstić information content (AvgIpc) is 3.22. The molecule has 130 valence electrons. The summed E-state index contributed by atoms with van der Waals surface area (Å²) < 4.78 is 15.3. The zero-order chi connectivity index (χ0) is 17.8. The molecule has 0 fully saturated rings. The Hall–Kier alpha value is -2.54. The van der Waals surface area contributed by atoms with E-state index in [-0.39, 0.29) is 18.3 Å². The van der Waals surface area contributed by atoms with Crippen LogP contribution in [0.5, 0.6) is 0 Å². The van der Waals surface area contributed by atoms with E-state index in [1.165, 1.54) is 17.4 Å². The van der Waals surface area contributed by atoms with Gasteiger partial charge in [-0.3, -0.25) is 4.79 Å². The fraction of sp³-hybridized carbons (Fsp3) is 0.278. The molecule has 0 aliphatic heterocycles. The highest BCUT2D eigenvalue weighted by Gasteiger charge is 2.19. The van der Waals surface area contributed by atoms with Gasteiger partial charge in [-0.05, 0) is 18.4 Å². The summed E-state index contributed by atoms with van der Waals surface area (Å²) in [6, 6.07) is 6.41. The number of thiazole rings is 1. The number of amides is 1. The van der Waals surface area contributed by atoms with Crippen LogP contribution in [0.15, 0.2) is 42.0 Å². The number of hydrogen-bond acceptors (Lipinski definition) is 4. The summed E-state index contributed by atoms with van der Waals surface area (Å²) in [5, 5.41) is 9.86. The number of carbonyl (C=O) groups is 1. The highest BCUT2D eigenvalue weighted by molar-refractivity contribution is 7.12. The Morgan fingerprint density at radius 2 is 2.16 bits per heavy atom. The molecule has 0 unspecified atom stereocenters. The lowest BCUT2D eigenvalue weighted by molar-refractivity contribution is 0.0949. The Labute approximate surface area is 149 Å². The Balaban J connectivity index is 1.81. The van der Waals surface area contributed by atoms with Gasteiger partial charge in [0.25, 0.3) is 5.91 Å². The number of nitrogens with one attached hydrogen (secondary N) is 1. The Morgan fingerprint density at radius 3 is 2.84 bits per heavy atom. The number of halogens is 1. The van der Waals surface area contributed by atoms with Gasteiger partial charge in [0.15, 0.2) is 0 Å². The van der Waals surface area contributed by atoms with E-state index in [4.69, 9.17) is 0 Å². The normalized spacial score (nSPS) is 11.0. The number of rotatable bonds is 6. The number of aromatic nitrogens is 3. The van der Waals surface area contributed by atoms with Crippen LogP contribution >= 0.6 is 11.3 Å². The minimum atomic E-state index is -0.330. The van der Waals surface area contributed by atoms with Crippen molar-refractivity contribution in [1.82, 2.24) is 20.1 Å². The van der Waals surface area contributed by atoms with Crippen LogP contribution in [-0.2, 0) is 13.0 Å². The molecule has 3 aromatic rings. The lowest BCUT2D eigenvalue weighted by Crippen LogP contribution is -2.24. The second-order valence-corrected chi connectivity index (χ2v) is 6.99. The first-order valence-corrected chi connectivity index (χ1v) is 8.92. The van der Waals surface area contributed by atoms with Crippen LogP contribution < -0.4 is 5.32 Å². The zero-order valence-corrected chi connectivity index (χ0v) is 14.9. The molecular weight excluding hydrogens is 339 g/mol. The van der Waals surface area contributed by atoms with E-state index in [2.05, 4.69) is 29.2 Å². The van der Waals surface area contributed by atoms with Gasteiger partial charge in [0.1, 0.15) is 5.82 Å². The van der Waals surface area contributed by atoms with Crippen LogP contribution in [0.1, 0.15) is 35.5 Å². The molecule has 0 radical (unpaired) electrons. The van der Waals surface area contributed by atoms with E-state index in [0.717, 1.165) is 5.69 Å². The second kappa shape index (κ2) is 7.57. The second-order valence-electron chi connectivity index (χ2n) is 6.12. The first-order chi connectivity index (χ1) is 12.0. The molecule has 0 bridgehead atoms. The average molecular weight is 358 g/mol. The largest absolute Gasteiger partial charge is 0.348 e. The quantitative estimate of drug-likeness (QED) is 0.732. The molecule has 2 aromatic heterocycles. The summed E-state index contributed by atoms with van der Waals surface area (Å²) in [6.07, 6.45) is 4.07. The molecule has 2 heterocycles. The molecule has 0 spiro atoms. The van der Waals surface area contributed by atoms with Crippen molar-refractivity contribution in [3.8, 4) is 5.13 Å². The van der Waals surface area contributed by atoms with Crippen molar-refractivity contribution >= 4 is 17.2 Å². The lowest BCUT2D eigenvalue weighted by Gasteiger charge is -2.07. The molecule has 25 heavy (non-hydrogen) atoms. The molecule has 0 aliphatic rings. The standard InChI is InChI=1S/C18H19FN4OS/c1-12(2)9-16-14(11-23(22-16)18-20-7-8-25-18)17(24)21-10-13-5-3-4-6-15(13)19/h3-8,11-12H,9-10H2,1-2H3,(H,21,24). The fourth-order valence-corrected chi connectivity index (χ4v) is 3.04. The van der Waals surface area contributed by atoms with Gasteiger partial charge in [0.05, 0.1) is 11.3 Å². The fourth-order valence-electron chi connectivity index (χ4n) is 2.48. The van der Waals surface area contributed by atoms with E-state index in [1.807, 2.05) is 5.38 Å². The van der Waals surface area contributed by atoms with Crippen LogP contribution in [0.4, 0.5) is 4.39 Å². The minimum Gasteiger partial charge on any atom is -0.348 e. The first kappa shape index (κ1) is 17.3. The molecule has 7 heteroatoms. The third-order valence-electron chi connectivity index (χ3n) is 3.65. The number of benzene rings is 1. The molecule has 1 amide bonds. The minimum absolute atomic E-state index is 0.134. The smallest absolute Gasteiger partial charge is 0.255 e. The highest BCUT2D eigenvalue weighted by Crippen LogP contribution is 2.17. The van der Waals surface area contributed by atoms with Crippen molar-refractivity contribution in [2.45, 2.75) is 26.8 Å². The predicted octanol–water partition coefficient (Wildman–Crippen LogP) is 3.60. The van der Waals surface area contributed by atoms with Crippen molar-refractivity contribution in [1.29, 1.82) is 0 Å². The van der Waals surface area contributed by atoms with E-state index in [0.29, 0.717) is 28.6 Å². The van der Waals surface area contributed by atoms with Gasteiger partial charge >= 0.3 is 0 Å². The topological polar surface area (TPSA) is 59.8 Å². The summed E-state index contributed by atoms with van der Waals surface area (Å²) >= 11 is 1.45. The monoisotopic (exact) mass is 358 g/mol. The van der Waals surface area contributed by atoms with Gasteiger partial charge in [0.2, 0.25) is 5.13 Å². The van der Waals surface area contributed by atoms with Crippen LogP contribution in [0.3, 0.4) is 0 Å². The Morgan fingerprint density at radius 1 is 1.36 bits per heavy atom. The summed E-state index contributed by atoms with van der Waals surface area (Å²) in [7, 11) is 0. The molecule has 5 nitrogen and oxygen atoms in total. The van der Waals surface area contributed by atoms with Gasteiger partial charge in [-0.25, -0.2) is 14.1 Å². The van der Waals surface area contributed by atoms with Gasteiger partial charge in [-0.15, -0.1) is 11.3 Å². The molecule has 0 saturated carbocycles. The van der Waals surface area contributed by atoms with Crippen molar-refractivity contribution in [3.05, 3.63) is 64.7 Å².